The van der Waals surface area contributed by atoms with Gasteiger partial charge in [-0.1, -0.05) is 18.0 Å². The van der Waals surface area contributed by atoms with Crippen LogP contribution >= 0.6 is 0 Å². The summed E-state index contributed by atoms with van der Waals surface area (Å²) < 4.78 is 5.11. The van der Waals surface area contributed by atoms with Gasteiger partial charge in [0.1, 0.15) is 0 Å². The molecule has 0 radical (unpaired) electrons. The zero-order valence-corrected chi connectivity index (χ0v) is 9.96. The summed E-state index contributed by atoms with van der Waals surface area (Å²) in [7, 11) is 0. The number of hydrogen-bond acceptors (Lipinski definition) is 4. The number of aryl methyl sites for hydroxylation is 1. The molecule has 0 aliphatic heterocycles. The molecule has 1 aromatic heterocycles. The summed E-state index contributed by atoms with van der Waals surface area (Å²) in [5.74, 6) is 0.915. The average Bonchev–Trinajstić information content (AvgIpc) is 2.89. The van der Waals surface area contributed by atoms with Crippen molar-refractivity contribution in [2.24, 2.45) is 0 Å². The fourth-order valence-corrected chi connectivity index (χ4v) is 2.21. The van der Waals surface area contributed by atoms with Crippen molar-refractivity contribution >= 4 is 0 Å². The molecule has 16 heavy (non-hydrogen) atoms. The number of hydrogen-bond donors (Lipinski definition) is 2. The fourth-order valence-electron chi connectivity index (χ4n) is 2.21. The molecule has 4 heteroatoms. The third-order valence-electron chi connectivity index (χ3n) is 3.07. The molecule has 4 nitrogen and oxygen atoms in total. The van der Waals surface area contributed by atoms with E-state index in [1.165, 1.54) is 25.7 Å². The third kappa shape index (κ3) is 3.61. The van der Waals surface area contributed by atoms with E-state index in [9.17, 15) is 0 Å². The largest absolute Gasteiger partial charge is 0.360 e. The van der Waals surface area contributed by atoms with Crippen LogP contribution in [0.4, 0.5) is 0 Å². The van der Waals surface area contributed by atoms with E-state index in [2.05, 4.69) is 15.8 Å². The summed E-state index contributed by atoms with van der Waals surface area (Å²) in [5, 5.41) is 10.8. The maximum Gasteiger partial charge on any atom is 0.150 e. The zero-order chi connectivity index (χ0) is 11.2. The van der Waals surface area contributed by atoms with Crippen molar-refractivity contribution in [2.45, 2.75) is 45.2 Å². The maximum atomic E-state index is 5.11. The molecule has 1 saturated carbocycles. The van der Waals surface area contributed by atoms with Gasteiger partial charge in [-0.05, 0) is 19.8 Å². The van der Waals surface area contributed by atoms with Crippen molar-refractivity contribution in [3.63, 3.8) is 0 Å². The number of nitrogens with zero attached hydrogens (tertiary/aromatic N) is 1. The minimum Gasteiger partial charge on any atom is -0.360 e. The fraction of sp³-hybridized carbons (Fsp3) is 0.750. The molecule has 0 aromatic carbocycles. The Morgan fingerprint density at radius 2 is 2.19 bits per heavy atom. The highest BCUT2D eigenvalue weighted by atomic mass is 16.5. The van der Waals surface area contributed by atoms with Gasteiger partial charge in [0.15, 0.2) is 5.76 Å². The van der Waals surface area contributed by atoms with Crippen molar-refractivity contribution in [1.82, 2.24) is 15.8 Å². The van der Waals surface area contributed by atoms with Gasteiger partial charge >= 0.3 is 0 Å². The molecule has 0 amide bonds. The lowest BCUT2D eigenvalue weighted by atomic mass is 10.2. The van der Waals surface area contributed by atoms with Crippen molar-refractivity contribution in [2.75, 3.05) is 13.1 Å². The lowest BCUT2D eigenvalue weighted by Gasteiger charge is -2.11. The van der Waals surface area contributed by atoms with Crippen LogP contribution in [-0.4, -0.2) is 24.3 Å². The van der Waals surface area contributed by atoms with Crippen LogP contribution < -0.4 is 10.6 Å². The minimum atomic E-state index is 0.759. The van der Waals surface area contributed by atoms with Crippen LogP contribution in [0.3, 0.4) is 0 Å². The van der Waals surface area contributed by atoms with Crippen molar-refractivity contribution in [3.8, 4) is 0 Å². The van der Waals surface area contributed by atoms with E-state index >= 15 is 0 Å². The molecule has 1 heterocycles. The number of aromatic nitrogens is 1. The maximum absolute atomic E-state index is 5.11. The molecule has 0 bridgehead atoms. The predicted molar refractivity (Wildman–Crippen MR) is 63.2 cm³/mol. The molecule has 1 aromatic rings. The average molecular weight is 223 g/mol. The first-order valence-corrected chi connectivity index (χ1v) is 6.21. The number of nitrogens with one attached hydrogen (secondary N) is 2. The predicted octanol–water partition coefficient (Wildman–Crippen LogP) is 1.60. The van der Waals surface area contributed by atoms with Gasteiger partial charge in [0.05, 0.1) is 12.2 Å². The van der Waals surface area contributed by atoms with Crippen LogP contribution in [0.15, 0.2) is 10.6 Å². The SMILES string of the molecule is Cc1cc(CNCCNC2CCCC2)on1. The topological polar surface area (TPSA) is 50.1 Å². The first kappa shape index (κ1) is 11.6. The Morgan fingerprint density at radius 1 is 1.38 bits per heavy atom. The zero-order valence-electron chi connectivity index (χ0n) is 9.96. The summed E-state index contributed by atoms with van der Waals surface area (Å²) in [6.07, 6.45) is 5.48. The Hall–Kier alpha value is -0.870. The highest BCUT2D eigenvalue weighted by molar-refractivity contribution is 5.02. The van der Waals surface area contributed by atoms with E-state index in [0.29, 0.717) is 0 Å². The van der Waals surface area contributed by atoms with Gasteiger partial charge in [-0.2, -0.15) is 0 Å². The molecular formula is C12H21N3O. The van der Waals surface area contributed by atoms with E-state index in [0.717, 1.165) is 37.1 Å². The molecule has 90 valence electrons. The third-order valence-corrected chi connectivity index (χ3v) is 3.07. The first-order chi connectivity index (χ1) is 7.84. The van der Waals surface area contributed by atoms with Gasteiger partial charge in [-0.15, -0.1) is 0 Å². The van der Waals surface area contributed by atoms with Gasteiger partial charge in [-0.25, -0.2) is 0 Å². The quantitative estimate of drug-likeness (QED) is 0.719. The molecule has 2 rings (SSSR count). The molecule has 0 atom stereocenters. The number of rotatable bonds is 6. The van der Waals surface area contributed by atoms with Crippen LogP contribution in [0.2, 0.25) is 0 Å². The Labute approximate surface area is 96.8 Å². The standard InChI is InChI=1S/C12H21N3O/c1-10-8-12(16-15-10)9-13-6-7-14-11-4-2-3-5-11/h8,11,13-14H,2-7,9H2,1H3. The highest BCUT2D eigenvalue weighted by Gasteiger charge is 2.13. The van der Waals surface area contributed by atoms with Crippen LogP contribution in [0.25, 0.3) is 0 Å². The molecule has 0 spiro atoms. The van der Waals surface area contributed by atoms with Crippen LogP contribution in [0.5, 0.6) is 0 Å². The second-order valence-electron chi connectivity index (χ2n) is 4.55. The van der Waals surface area contributed by atoms with E-state index in [-0.39, 0.29) is 0 Å². The van der Waals surface area contributed by atoms with Gasteiger partial charge < -0.3 is 15.2 Å². The van der Waals surface area contributed by atoms with Gasteiger partial charge in [0.2, 0.25) is 0 Å². The Bertz CT molecular complexity index is 305. The second-order valence-corrected chi connectivity index (χ2v) is 4.55. The summed E-state index contributed by atoms with van der Waals surface area (Å²) in [5.41, 5.74) is 0.945. The van der Waals surface area contributed by atoms with E-state index in [1.807, 2.05) is 13.0 Å². The second kappa shape index (κ2) is 6.01. The molecule has 0 unspecified atom stereocenters. The van der Waals surface area contributed by atoms with E-state index in [4.69, 9.17) is 4.52 Å². The van der Waals surface area contributed by atoms with Crippen molar-refractivity contribution in [3.05, 3.63) is 17.5 Å². The van der Waals surface area contributed by atoms with Gasteiger partial charge in [0, 0.05) is 25.2 Å². The molecule has 0 saturated heterocycles. The summed E-state index contributed by atoms with van der Waals surface area (Å²) in [6.45, 7) is 4.73. The first-order valence-electron chi connectivity index (χ1n) is 6.21. The molecule has 1 aliphatic carbocycles. The van der Waals surface area contributed by atoms with E-state index in [1.54, 1.807) is 0 Å². The van der Waals surface area contributed by atoms with Crippen LogP contribution in [-0.2, 0) is 6.54 Å². The van der Waals surface area contributed by atoms with E-state index < -0.39 is 0 Å². The normalized spacial score (nSPS) is 17.1. The van der Waals surface area contributed by atoms with Crippen molar-refractivity contribution < 1.29 is 4.52 Å². The van der Waals surface area contributed by atoms with Crippen LogP contribution in [0.1, 0.15) is 37.1 Å². The lowest BCUT2D eigenvalue weighted by Crippen LogP contribution is -2.33. The lowest BCUT2D eigenvalue weighted by molar-refractivity contribution is 0.368. The summed E-state index contributed by atoms with van der Waals surface area (Å²) in [4.78, 5) is 0. The Balaban J connectivity index is 1.51. The van der Waals surface area contributed by atoms with Gasteiger partial charge in [0.25, 0.3) is 0 Å². The summed E-state index contributed by atoms with van der Waals surface area (Å²) >= 11 is 0. The molecule has 2 N–H and O–H groups in total. The summed E-state index contributed by atoms with van der Waals surface area (Å²) in [6, 6.07) is 2.73. The molecule has 1 fully saturated rings. The Kier molecular flexibility index (Phi) is 4.36. The van der Waals surface area contributed by atoms with Gasteiger partial charge in [-0.3, -0.25) is 0 Å². The van der Waals surface area contributed by atoms with Crippen molar-refractivity contribution in [1.29, 1.82) is 0 Å². The monoisotopic (exact) mass is 223 g/mol. The minimum absolute atomic E-state index is 0.759. The smallest absolute Gasteiger partial charge is 0.150 e. The molecular weight excluding hydrogens is 202 g/mol. The Morgan fingerprint density at radius 3 is 2.88 bits per heavy atom. The highest BCUT2D eigenvalue weighted by Crippen LogP contribution is 2.16. The molecule has 1 aliphatic rings. The van der Waals surface area contributed by atoms with Crippen LogP contribution in [0, 0.1) is 6.92 Å².